The van der Waals surface area contributed by atoms with Gasteiger partial charge in [0.15, 0.2) is 0 Å². The summed E-state index contributed by atoms with van der Waals surface area (Å²) in [5.74, 6) is 1.08. The molecule has 0 unspecified atom stereocenters. The smallest absolute Gasteiger partial charge is 0.251 e. The Balaban J connectivity index is 1.48. The number of methoxy groups -OCH3 is 1. The average Bonchev–Trinajstić information content (AvgIpc) is 2.84. The van der Waals surface area contributed by atoms with Gasteiger partial charge in [-0.3, -0.25) is 4.79 Å². The molecule has 7 heteroatoms. The van der Waals surface area contributed by atoms with Gasteiger partial charge in [0.2, 0.25) is 5.88 Å². The summed E-state index contributed by atoms with van der Waals surface area (Å²) in [5.41, 5.74) is 2.66. The summed E-state index contributed by atoms with van der Waals surface area (Å²) < 4.78 is 24.1. The fraction of sp³-hybridized carbons (Fsp3) is 0.0800. The van der Waals surface area contributed by atoms with Crippen LogP contribution in [0.4, 0.5) is 4.39 Å². The molecule has 3 aromatic carbocycles. The highest BCUT2D eigenvalue weighted by Crippen LogP contribution is 2.26. The molecule has 6 nitrogen and oxygen atoms in total. The lowest BCUT2D eigenvalue weighted by molar-refractivity contribution is 0.0951. The molecule has 0 fully saturated rings. The molecule has 4 aromatic rings. The van der Waals surface area contributed by atoms with Crippen molar-refractivity contribution in [3.05, 3.63) is 102 Å². The Hall–Kier alpha value is -4.26. The first-order valence-corrected chi connectivity index (χ1v) is 9.88. The molecule has 0 saturated carbocycles. The Kier molecular flexibility index (Phi) is 6.36. The SMILES string of the molecule is COc1cccc(Oc2cc(-c3cccc(C(=O)NCc4ccc(F)cc4)c3)ncn2)c1. The van der Waals surface area contributed by atoms with Crippen LogP contribution in [0.2, 0.25) is 0 Å². The van der Waals surface area contributed by atoms with E-state index in [2.05, 4.69) is 15.3 Å². The molecule has 0 radical (unpaired) electrons. The second kappa shape index (κ2) is 9.70. The number of hydrogen-bond donors (Lipinski definition) is 1. The summed E-state index contributed by atoms with van der Waals surface area (Å²) in [6, 6.07) is 22.0. The summed E-state index contributed by atoms with van der Waals surface area (Å²) in [6.07, 6.45) is 1.41. The van der Waals surface area contributed by atoms with Gasteiger partial charge in [0.25, 0.3) is 5.91 Å². The van der Waals surface area contributed by atoms with Gasteiger partial charge in [-0.25, -0.2) is 14.4 Å². The van der Waals surface area contributed by atoms with Crippen LogP contribution >= 0.6 is 0 Å². The molecule has 1 N–H and O–H groups in total. The molecule has 1 amide bonds. The Morgan fingerprint density at radius 1 is 0.938 bits per heavy atom. The van der Waals surface area contributed by atoms with E-state index in [-0.39, 0.29) is 11.7 Å². The van der Waals surface area contributed by atoms with Gasteiger partial charge >= 0.3 is 0 Å². The molecule has 0 bridgehead atoms. The molecule has 1 heterocycles. The second-order valence-corrected chi connectivity index (χ2v) is 6.91. The molecule has 32 heavy (non-hydrogen) atoms. The van der Waals surface area contributed by atoms with E-state index in [0.29, 0.717) is 35.2 Å². The van der Waals surface area contributed by atoms with Gasteiger partial charge in [-0.1, -0.05) is 30.3 Å². The first-order valence-electron chi connectivity index (χ1n) is 9.88. The van der Waals surface area contributed by atoms with E-state index in [1.165, 1.54) is 18.5 Å². The van der Waals surface area contributed by atoms with Crippen molar-refractivity contribution in [3.8, 4) is 28.6 Å². The van der Waals surface area contributed by atoms with Crippen molar-refractivity contribution in [1.29, 1.82) is 0 Å². The van der Waals surface area contributed by atoms with E-state index >= 15 is 0 Å². The molecule has 160 valence electrons. The maximum atomic E-state index is 13.0. The predicted octanol–water partition coefficient (Wildman–Crippen LogP) is 5.01. The Morgan fingerprint density at radius 3 is 2.53 bits per heavy atom. The number of halogens is 1. The van der Waals surface area contributed by atoms with Crippen molar-refractivity contribution < 1.29 is 18.7 Å². The van der Waals surface area contributed by atoms with Crippen molar-refractivity contribution >= 4 is 5.91 Å². The summed E-state index contributed by atoms with van der Waals surface area (Å²) >= 11 is 0. The molecule has 0 saturated heterocycles. The summed E-state index contributed by atoms with van der Waals surface area (Å²) in [7, 11) is 1.59. The van der Waals surface area contributed by atoms with E-state index in [1.807, 2.05) is 18.2 Å². The lowest BCUT2D eigenvalue weighted by Crippen LogP contribution is -2.22. The molecular weight excluding hydrogens is 409 g/mol. The summed E-state index contributed by atoms with van der Waals surface area (Å²) in [4.78, 5) is 21.0. The highest BCUT2D eigenvalue weighted by atomic mass is 19.1. The van der Waals surface area contributed by atoms with Gasteiger partial charge in [0.05, 0.1) is 12.8 Å². The molecule has 0 aliphatic heterocycles. The fourth-order valence-electron chi connectivity index (χ4n) is 3.04. The first-order chi connectivity index (χ1) is 15.6. The molecule has 0 spiro atoms. The standard InChI is InChI=1S/C25H20FN3O3/c1-31-21-6-3-7-22(13-21)32-24-14-23(28-16-29-24)18-4-2-5-19(12-18)25(30)27-15-17-8-10-20(26)11-9-17/h2-14,16H,15H2,1H3,(H,27,30). The number of carbonyl (C=O) groups is 1. The third-order valence-corrected chi connectivity index (χ3v) is 4.69. The minimum Gasteiger partial charge on any atom is -0.497 e. The topological polar surface area (TPSA) is 73.3 Å². The number of nitrogens with zero attached hydrogens (tertiary/aromatic N) is 2. The highest BCUT2D eigenvalue weighted by Gasteiger charge is 2.10. The van der Waals surface area contributed by atoms with Crippen LogP contribution in [0.25, 0.3) is 11.3 Å². The third kappa shape index (κ3) is 5.26. The quantitative estimate of drug-likeness (QED) is 0.447. The van der Waals surface area contributed by atoms with E-state index in [1.54, 1.807) is 55.6 Å². The Bertz CT molecular complexity index is 1230. The molecule has 0 aliphatic rings. The van der Waals surface area contributed by atoms with Crippen LogP contribution in [0.5, 0.6) is 17.4 Å². The number of nitrogens with one attached hydrogen (secondary N) is 1. The van der Waals surface area contributed by atoms with Gasteiger partial charge in [-0.05, 0) is 42.0 Å². The number of amides is 1. The molecule has 0 aliphatic carbocycles. The summed E-state index contributed by atoms with van der Waals surface area (Å²) in [5, 5.41) is 2.84. The summed E-state index contributed by atoms with van der Waals surface area (Å²) in [6.45, 7) is 0.301. The largest absolute Gasteiger partial charge is 0.497 e. The van der Waals surface area contributed by atoms with Gasteiger partial charge in [-0.15, -0.1) is 0 Å². The Labute approximate surface area is 184 Å². The minimum absolute atomic E-state index is 0.238. The van der Waals surface area contributed by atoms with E-state index < -0.39 is 0 Å². The lowest BCUT2D eigenvalue weighted by atomic mass is 10.1. The number of hydrogen-bond acceptors (Lipinski definition) is 5. The Morgan fingerprint density at radius 2 is 1.72 bits per heavy atom. The lowest BCUT2D eigenvalue weighted by Gasteiger charge is -2.09. The zero-order valence-electron chi connectivity index (χ0n) is 17.3. The predicted molar refractivity (Wildman–Crippen MR) is 118 cm³/mol. The zero-order valence-corrected chi connectivity index (χ0v) is 17.3. The van der Waals surface area contributed by atoms with Crippen molar-refractivity contribution in [2.24, 2.45) is 0 Å². The molecule has 0 atom stereocenters. The number of ether oxygens (including phenoxy) is 2. The van der Waals surface area contributed by atoms with Gasteiger partial charge in [0.1, 0.15) is 23.6 Å². The van der Waals surface area contributed by atoms with Crippen LogP contribution < -0.4 is 14.8 Å². The number of rotatable bonds is 7. The number of benzene rings is 3. The van der Waals surface area contributed by atoms with Crippen LogP contribution in [0.3, 0.4) is 0 Å². The zero-order chi connectivity index (χ0) is 22.3. The van der Waals surface area contributed by atoms with Crippen LogP contribution in [0.15, 0.2) is 85.2 Å². The van der Waals surface area contributed by atoms with Crippen molar-refractivity contribution in [2.45, 2.75) is 6.54 Å². The average molecular weight is 429 g/mol. The van der Waals surface area contributed by atoms with Crippen LogP contribution in [-0.2, 0) is 6.54 Å². The van der Waals surface area contributed by atoms with E-state index in [4.69, 9.17) is 9.47 Å². The van der Waals surface area contributed by atoms with Gasteiger partial charge in [0, 0.05) is 29.8 Å². The van der Waals surface area contributed by atoms with E-state index in [9.17, 15) is 9.18 Å². The molecule has 4 rings (SSSR count). The van der Waals surface area contributed by atoms with Gasteiger partial charge < -0.3 is 14.8 Å². The van der Waals surface area contributed by atoms with Crippen molar-refractivity contribution in [2.75, 3.05) is 7.11 Å². The fourth-order valence-corrected chi connectivity index (χ4v) is 3.04. The molecular formula is C25H20FN3O3. The van der Waals surface area contributed by atoms with Crippen molar-refractivity contribution in [3.63, 3.8) is 0 Å². The third-order valence-electron chi connectivity index (χ3n) is 4.69. The van der Waals surface area contributed by atoms with Gasteiger partial charge in [-0.2, -0.15) is 0 Å². The van der Waals surface area contributed by atoms with E-state index in [0.717, 1.165) is 11.1 Å². The van der Waals surface area contributed by atoms with Crippen LogP contribution in [-0.4, -0.2) is 23.0 Å². The number of carbonyl (C=O) groups excluding carboxylic acids is 1. The van der Waals surface area contributed by atoms with Crippen molar-refractivity contribution in [1.82, 2.24) is 15.3 Å². The van der Waals surface area contributed by atoms with Crippen LogP contribution in [0, 0.1) is 5.82 Å². The van der Waals surface area contributed by atoms with Crippen LogP contribution in [0.1, 0.15) is 15.9 Å². The first kappa shape index (κ1) is 21.0. The molecule has 1 aromatic heterocycles. The second-order valence-electron chi connectivity index (χ2n) is 6.91. The monoisotopic (exact) mass is 429 g/mol. The maximum absolute atomic E-state index is 13.0. The number of aromatic nitrogens is 2. The normalized spacial score (nSPS) is 10.4. The highest BCUT2D eigenvalue weighted by molar-refractivity contribution is 5.95. The minimum atomic E-state index is -0.313. The maximum Gasteiger partial charge on any atom is 0.251 e.